The molecule has 0 bridgehead atoms. The molecule has 1 rings (SSSR count). The van der Waals surface area contributed by atoms with E-state index in [0.717, 1.165) is 12.1 Å². The molecule has 0 radical (unpaired) electrons. The Labute approximate surface area is 72.6 Å². The maximum atomic E-state index is 10.7. The molecule has 1 aromatic heterocycles. The minimum absolute atomic E-state index is 0.240. The molecule has 2 nitrogen and oxygen atoms in total. The average molecular weight is 163 g/mol. The molecule has 0 saturated carbocycles. The molecule has 64 valence electrons. The number of nitrogens with zero attached hydrogens (tertiary/aromatic N) is 1. The molecule has 0 saturated heterocycles. The first kappa shape index (κ1) is 8.91. The monoisotopic (exact) mass is 163 g/mol. The van der Waals surface area contributed by atoms with Crippen LogP contribution in [0.4, 0.5) is 0 Å². The van der Waals surface area contributed by atoms with E-state index >= 15 is 0 Å². The Bertz CT molecular complexity index is 281. The van der Waals surface area contributed by atoms with E-state index in [4.69, 9.17) is 0 Å². The zero-order valence-electron chi connectivity index (χ0n) is 7.50. The number of Topliss-reactive ketones (excluding diaryl/α,β-unsaturated/α-hetero) is 1. The van der Waals surface area contributed by atoms with Gasteiger partial charge in [-0.3, -0.25) is 4.98 Å². The molecule has 0 unspecified atom stereocenters. The fraction of sp³-hybridized carbons (Fsp3) is 0.400. The lowest BCUT2D eigenvalue weighted by Crippen LogP contribution is -1.94. The predicted octanol–water partition coefficient (Wildman–Crippen LogP) is 1.91. The van der Waals surface area contributed by atoms with Gasteiger partial charge in [0.15, 0.2) is 0 Å². The molecule has 1 heterocycles. The van der Waals surface area contributed by atoms with Crippen molar-refractivity contribution >= 4 is 5.78 Å². The van der Waals surface area contributed by atoms with Gasteiger partial charge in [-0.1, -0.05) is 0 Å². The van der Waals surface area contributed by atoms with Gasteiger partial charge < -0.3 is 4.79 Å². The number of hydrogen-bond acceptors (Lipinski definition) is 2. The lowest BCUT2D eigenvalue weighted by atomic mass is 10.1. The Kier molecular flexibility index (Phi) is 2.97. The summed E-state index contributed by atoms with van der Waals surface area (Å²) in [6.45, 7) is 3.57. The van der Waals surface area contributed by atoms with E-state index in [9.17, 15) is 4.79 Å². The SMILES string of the molecule is CC(=O)CCc1ccnc(C)c1. The smallest absolute Gasteiger partial charge is 0.130 e. The molecule has 12 heavy (non-hydrogen) atoms. The third-order valence-corrected chi connectivity index (χ3v) is 1.73. The van der Waals surface area contributed by atoms with E-state index in [1.54, 1.807) is 13.1 Å². The second kappa shape index (κ2) is 4.00. The third kappa shape index (κ3) is 2.82. The van der Waals surface area contributed by atoms with Crippen LogP contribution in [0, 0.1) is 6.92 Å². The van der Waals surface area contributed by atoms with Crippen molar-refractivity contribution in [3.63, 3.8) is 0 Å². The van der Waals surface area contributed by atoms with Gasteiger partial charge in [0.1, 0.15) is 5.78 Å². The first-order valence-electron chi connectivity index (χ1n) is 4.09. The second-order valence-electron chi connectivity index (χ2n) is 3.01. The van der Waals surface area contributed by atoms with Crippen molar-refractivity contribution in [1.82, 2.24) is 4.98 Å². The summed E-state index contributed by atoms with van der Waals surface area (Å²) < 4.78 is 0. The van der Waals surface area contributed by atoms with Gasteiger partial charge in [0, 0.05) is 18.3 Å². The van der Waals surface area contributed by atoms with Crippen molar-refractivity contribution < 1.29 is 4.79 Å². The molecule has 0 fully saturated rings. The molecule has 0 aliphatic heterocycles. The average Bonchev–Trinajstić information content (AvgIpc) is 2.01. The number of ketones is 1. The molecule has 0 atom stereocenters. The normalized spacial score (nSPS) is 9.83. The van der Waals surface area contributed by atoms with E-state index in [-0.39, 0.29) is 5.78 Å². The second-order valence-corrected chi connectivity index (χ2v) is 3.01. The largest absolute Gasteiger partial charge is 0.300 e. The summed E-state index contributed by atoms with van der Waals surface area (Å²) >= 11 is 0. The topological polar surface area (TPSA) is 30.0 Å². The van der Waals surface area contributed by atoms with Crippen LogP contribution in [0.15, 0.2) is 18.3 Å². The molecule has 0 spiro atoms. The van der Waals surface area contributed by atoms with Gasteiger partial charge in [0.25, 0.3) is 0 Å². The Balaban J connectivity index is 2.57. The van der Waals surface area contributed by atoms with Crippen LogP contribution >= 0.6 is 0 Å². The summed E-state index contributed by atoms with van der Waals surface area (Å²) in [6, 6.07) is 3.97. The van der Waals surface area contributed by atoms with Crippen molar-refractivity contribution in [1.29, 1.82) is 0 Å². The van der Waals surface area contributed by atoms with E-state index in [0.29, 0.717) is 6.42 Å². The summed E-state index contributed by atoms with van der Waals surface area (Å²) in [5, 5.41) is 0. The first-order chi connectivity index (χ1) is 5.68. The van der Waals surface area contributed by atoms with Crippen molar-refractivity contribution in [2.75, 3.05) is 0 Å². The van der Waals surface area contributed by atoms with Gasteiger partial charge in [-0.05, 0) is 38.0 Å². The Morgan fingerprint density at radius 2 is 2.33 bits per heavy atom. The van der Waals surface area contributed by atoms with Crippen LogP contribution in [-0.4, -0.2) is 10.8 Å². The van der Waals surface area contributed by atoms with Crippen molar-refractivity contribution in [3.05, 3.63) is 29.6 Å². The van der Waals surface area contributed by atoms with Crippen molar-refractivity contribution in [2.45, 2.75) is 26.7 Å². The van der Waals surface area contributed by atoms with Gasteiger partial charge in [0.2, 0.25) is 0 Å². The fourth-order valence-corrected chi connectivity index (χ4v) is 1.08. The zero-order valence-corrected chi connectivity index (χ0v) is 7.50. The van der Waals surface area contributed by atoms with E-state index in [1.807, 2.05) is 19.1 Å². The van der Waals surface area contributed by atoms with Gasteiger partial charge in [0.05, 0.1) is 0 Å². The number of aryl methyl sites for hydroxylation is 2. The molecule has 2 heteroatoms. The quantitative estimate of drug-likeness (QED) is 0.681. The maximum Gasteiger partial charge on any atom is 0.130 e. The highest BCUT2D eigenvalue weighted by molar-refractivity contribution is 5.75. The van der Waals surface area contributed by atoms with Crippen LogP contribution in [0.5, 0.6) is 0 Å². The number of carbonyl (C=O) groups is 1. The van der Waals surface area contributed by atoms with Crippen LogP contribution in [-0.2, 0) is 11.2 Å². The van der Waals surface area contributed by atoms with Gasteiger partial charge >= 0.3 is 0 Å². The van der Waals surface area contributed by atoms with Crippen LogP contribution in [0.2, 0.25) is 0 Å². The molecule has 1 aromatic rings. The Morgan fingerprint density at radius 3 is 2.92 bits per heavy atom. The first-order valence-corrected chi connectivity index (χ1v) is 4.09. The standard InChI is InChI=1S/C10H13NO/c1-8-7-10(5-6-11-8)4-3-9(2)12/h5-7H,3-4H2,1-2H3. The molecule has 0 amide bonds. The lowest BCUT2D eigenvalue weighted by molar-refractivity contribution is -0.116. The minimum atomic E-state index is 0.240. The molecular weight excluding hydrogens is 150 g/mol. The van der Waals surface area contributed by atoms with Crippen LogP contribution in [0.1, 0.15) is 24.6 Å². The highest BCUT2D eigenvalue weighted by Gasteiger charge is 1.96. The van der Waals surface area contributed by atoms with E-state index in [2.05, 4.69) is 4.98 Å². The summed E-state index contributed by atoms with van der Waals surface area (Å²) in [5.41, 5.74) is 2.20. The van der Waals surface area contributed by atoms with E-state index < -0.39 is 0 Å². The van der Waals surface area contributed by atoms with Gasteiger partial charge in [-0.25, -0.2) is 0 Å². The molecule has 0 aliphatic rings. The summed E-state index contributed by atoms with van der Waals surface area (Å²) in [6.07, 6.45) is 3.24. The van der Waals surface area contributed by atoms with Crippen LogP contribution < -0.4 is 0 Å². The zero-order chi connectivity index (χ0) is 8.97. The van der Waals surface area contributed by atoms with Crippen LogP contribution in [0.3, 0.4) is 0 Å². The predicted molar refractivity (Wildman–Crippen MR) is 48.0 cm³/mol. The minimum Gasteiger partial charge on any atom is -0.300 e. The third-order valence-electron chi connectivity index (χ3n) is 1.73. The maximum absolute atomic E-state index is 10.7. The molecular formula is C10H13NO. The number of carbonyl (C=O) groups excluding carboxylic acids is 1. The van der Waals surface area contributed by atoms with Gasteiger partial charge in [-0.2, -0.15) is 0 Å². The van der Waals surface area contributed by atoms with Gasteiger partial charge in [-0.15, -0.1) is 0 Å². The summed E-state index contributed by atoms with van der Waals surface area (Å²) in [4.78, 5) is 14.8. The number of hydrogen-bond donors (Lipinski definition) is 0. The fourth-order valence-electron chi connectivity index (χ4n) is 1.08. The Hall–Kier alpha value is -1.18. The molecule has 0 aromatic carbocycles. The molecule has 0 N–H and O–H groups in total. The van der Waals surface area contributed by atoms with Crippen molar-refractivity contribution in [2.24, 2.45) is 0 Å². The highest BCUT2D eigenvalue weighted by Crippen LogP contribution is 2.03. The lowest BCUT2D eigenvalue weighted by Gasteiger charge is -1.98. The number of aromatic nitrogens is 1. The van der Waals surface area contributed by atoms with Crippen molar-refractivity contribution in [3.8, 4) is 0 Å². The Morgan fingerprint density at radius 1 is 1.58 bits per heavy atom. The highest BCUT2D eigenvalue weighted by atomic mass is 16.1. The number of rotatable bonds is 3. The molecule has 0 aliphatic carbocycles. The summed E-state index contributed by atoms with van der Waals surface area (Å²) in [5.74, 6) is 0.240. The number of pyridine rings is 1. The van der Waals surface area contributed by atoms with Crippen LogP contribution in [0.25, 0.3) is 0 Å². The summed E-state index contributed by atoms with van der Waals surface area (Å²) in [7, 11) is 0. The van der Waals surface area contributed by atoms with E-state index in [1.165, 1.54) is 5.56 Å².